The van der Waals surface area contributed by atoms with Crippen molar-refractivity contribution in [1.82, 2.24) is 9.97 Å². The maximum absolute atomic E-state index is 6.56. The number of nitrogens with zero attached hydrogens (tertiary/aromatic N) is 3. The quantitative estimate of drug-likeness (QED) is 0.220. The van der Waals surface area contributed by atoms with Crippen LogP contribution in [0.5, 0.6) is 0 Å². The Balaban J connectivity index is 1.62. The molecular weight excluding hydrogens is 420 g/mol. The molecule has 0 bridgehead atoms. The van der Waals surface area contributed by atoms with Gasteiger partial charge in [-0.1, -0.05) is 74.9 Å². The van der Waals surface area contributed by atoms with E-state index in [1.807, 2.05) is 36.4 Å². The fraction of sp³-hybridized carbons (Fsp3) is 0.357. The minimum Gasteiger partial charge on any atom is -0.396 e. The second-order valence-corrected chi connectivity index (χ2v) is 8.93. The lowest BCUT2D eigenvalue weighted by atomic mass is 10.1. The number of rotatable bonds is 12. The molecule has 0 spiro atoms. The summed E-state index contributed by atoms with van der Waals surface area (Å²) < 4.78 is 0. The molecule has 0 fully saturated rings. The maximum atomic E-state index is 6.56. The molecule has 6 heteroatoms. The van der Waals surface area contributed by atoms with Crippen LogP contribution in [0.3, 0.4) is 0 Å². The number of benzene rings is 2. The monoisotopic (exact) mass is 456 g/mol. The SMILES string of the molecule is NCCCCCCCCCCN(c1c(N)cnc2ccccc12)c1c(N)cnc2ccccc12. The Bertz CT molecular complexity index is 1140. The van der Waals surface area contributed by atoms with Gasteiger partial charge in [-0.05, 0) is 31.5 Å². The Morgan fingerprint density at radius 1 is 0.588 bits per heavy atom. The van der Waals surface area contributed by atoms with Gasteiger partial charge in [-0.25, -0.2) is 0 Å². The van der Waals surface area contributed by atoms with Gasteiger partial charge >= 0.3 is 0 Å². The minimum absolute atomic E-state index is 0.652. The average molecular weight is 457 g/mol. The molecule has 0 saturated carbocycles. The molecule has 0 atom stereocenters. The molecule has 0 saturated heterocycles. The Morgan fingerprint density at radius 2 is 1.03 bits per heavy atom. The zero-order chi connectivity index (χ0) is 23.8. The summed E-state index contributed by atoms with van der Waals surface area (Å²) in [5.74, 6) is 0. The van der Waals surface area contributed by atoms with Crippen molar-refractivity contribution in [3.63, 3.8) is 0 Å². The van der Waals surface area contributed by atoms with Gasteiger partial charge in [0.1, 0.15) is 0 Å². The maximum Gasteiger partial charge on any atom is 0.0756 e. The number of fused-ring (bicyclic) bond motifs is 2. The van der Waals surface area contributed by atoms with E-state index in [4.69, 9.17) is 17.2 Å². The van der Waals surface area contributed by atoms with Crippen molar-refractivity contribution in [2.24, 2.45) is 5.73 Å². The van der Waals surface area contributed by atoms with Gasteiger partial charge in [0.05, 0.1) is 46.2 Å². The lowest BCUT2D eigenvalue weighted by Crippen LogP contribution is -2.22. The molecule has 0 aliphatic carbocycles. The highest BCUT2D eigenvalue weighted by Gasteiger charge is 2.21. The Hall–Kier alpha value is -3.38. The van der Waals surface area contributed by atoms with Crippen molar-refractivity contribution in [3.05, 3.63) is 60.9 Å². The molecule has 6 nitrogen and oxygen atoms in total. The van der Waals surface area contributed by atoms with Crippen LogP contribution in [-0.2, 0) is 0 Å². The number of nitrogens with two attached hydrogens (primary N) is 3. The van der Waals surface area contributed by atoms with Gasteiger partial charge in [-0.3, -0.25) is 9.97 Å². The van der Waals surface area contributed by atoms with Crippen molar-refractivity contribution in [1.29, 1.82) is 0 Å². The zero-order valence-electron chi connectivity index (χ0n) is 19.9. The van der Waals surface area contributed by atoms with Crippen LogP contribution in [0.2, 0.25) is 0 Å². The van der Waals surface area contributed by atoms with Crippen LogP contribution in [-0.4, -0.2) is 23.1 Å². The molecular formula is C28H36N6. The Labute approximate surface area is 202 Å². The Kier molecular flexibility index (Phi) is 8.15. The molecule has 6 N–H and O–H groups in total. The Morgan fingerprint density at radius 3 is 1.53 bits per heavy atom. The molecule has 0 radical (unpaired) electrons. The topological polar surface area (TPSA) is 107 Å². The first-order valence-electron chi connectivity index (χ1n) is 12.4. The predicted octanol–water partition coefficient (Wildman–Crippen LogP) is 6.17. The third-order valence-electron chi connectivity index (χ3n) is 6.43. The highest BCUT2D eigenvalue weighted by molar-refractivity contribution is 6.06. The third-order valence-corrected chi connectivity index (χ3v) is 6.43. The molecule has 2 heterocycles. The van der Waals surface area contributed by atoms with Crippen molar-refractivity contribution < 1.29 is 0 Å². The van der Waals surface area contributed by atoms with Crippen molar-refractivity contribution >= 4 is 44.6 Å². The average Bonchev–Trinajstić information content (AvgIpc) is 2.86. The van der Waals surface area contributed by atoms with E-state index in [1.54, 1.807) is 12.4 Å². The van der Waals surface area contributed by atoms with Gasteiger partial charge < -0.3 is 22.1 Å². The first-order valence-corrected chi connectivity index (χ1v) is 12.4. The van der Waals surface area contributed by atoms with Gasteiger partial charge in [0.15, 0.2) is 0 Å². The zero-order valence-corrected chi connectivity index (χ0v) is 19.9. The number of aromatic nitrogens is 2. The number of anilines is 4. The highest BCUT2D eigenvalue weighted by atomic mass is 15.2. The van der Waals surface area contributed by atoms with E-state index in [-0.39, 0.29) is 0 Å². The van der Waals surface area contributed by atoms with E-state index >= 15 is 0 Å². The molecule has 4 aromatic rings. The lowest BCUT2D eigenvalue weighted by molar-refractivity contribution is 0.571. The van der Waals surface area contributed by atoms with Gasteiger partial charge in [0.25, 0.3) is 0 Å². The van der Waals surface area contributed by atoms with Crippen molar-refractivity contribution in [2.45, 2.75) is 51.4 Å². The smallest absolute Gasteiger partial charge is 0.0756 e. The molecule has 178 valence electrons. The standard InChI is InChI=1S/C28H36N6/c29-17-11-5-3-1-2-4-6-12-18-34(27-21-13-7-9-15-25(21)32-19-23(27)30)28-22-14-8-10-16-26(22)33-20-24(28)31/h7-10,13-16,19-20H,1-6,11-12,17-18,29-31H2. The van der Waals surface area contributed by atoms with E-state index in [0.29, 0.717) is 11.4 Å². The normalized spacial score (nSPS) is 11.3. The highest BCUT2D eigenvalue weighted by Crippen LogP contribution is 2.41. The van der Waals surface area contributed by atoms with E-state index in [9.17, 15) is 0 Å². The van der Waals surface area contributed by atoms with E-state index in [2.05, 4.69) is 27.0 Å². The first-order chi connectivity index (χ1) is 16.7. The van der Waals surface area contributed by atoms with Crippen molar-refractivity contribution in [2.75, 3.05) is 29.5 Å². The van der Waals surface area contributed by atoms with Crippen LogP contribution < -0.4 is 22.1 Å². The molecule has 0 aliphatic rings. The molecule has 4 rings (SSSR count). The molecule has 2 aromatic heterocycles. The number of nitrogen functional groups attached to an aromatic ring is 2. The van der Waals surface area contributed by atoms with Gasteiger partial charge in [0.2, 0.25) is 0 Å². The molecule has 2 aromatic carbocycles. The summed E-state index contributed by atoms with van der Waals surface area (Å²) in [6.45, 7) is 1.62. The third kappa shape index (κ3) is 5.39. The van der Waals surface area contributed by atoms with Crippen molar-refractivity contribution in [3.8, 4) is 0 Å². The van der Waals surface area contributed by atoms with Crippen LogP contribution >= 0.6 is 0 Å². The van der Waals surface area contributed by atoms with E-state index in [0.717, 1.165) is 59.1 Å². The summed E-state index contributed by atoms with van der Waals surface area (Å²) in [5, 5.41) is 2.06. The number of unbranched alkanes of at least 4 members (excludes halogenated alkanes) is 7. The molecule has 0 amide bonds. The number of para-hydroxylation sites is 2. The minimum atomic E-state index is 0.652. The number of pyridine rings is 2. The summed E-state index contributed by atoms with van der Waals surface area (Å²) in [6, 6.07) is 16.3. The van der Waals surface area contributed by atoms with Gasteiger partial charge in [-0.2, -0.15) is 0 Å². The summed E-state index contributed by atoms with van der Waals surface area (Å²) in [6.07, 6.45) is 13.2. The van der Waals surface area contributed by atoms with Crippen LogP contribution in [0.1, 0.15) is 51.4 Å². The molecule has 0 aliphatic heterocycles. The molecule has 0 unspecified atom stereocenters. The largest absolute Gasteiger partial charge is 0.396 e. The first kappa shape index (κ1) is 23.8. The summed E-state index contributed by atoms with van der Waals surface area (Å²) in [4.78, 5) is 11.4. The van der Waals surface area contributed by atoms with E-state index < -0.39 is 0 Å². The summed E-state index contributed by atoms with van der Waals surface area (Å²) in [7, 11) is 0. The summed E-state index contributed by atoms with van der Waals surface area (Å²) in [5.41, 5.74) is 23.8. The van der Waals surface area contributed by atoms with E-state index in [1.165, 1.54) is 38.5 Å². The van der Waals surface area contributed by atoms with Gasteiger partial charge in [-0.15, -0.1) is 0 Å². The van der Waals surface area contributed by atoms with Crippen LogP contribution in [0, 0.1) is 0 Å². The summed E-state index contributed by atoms with van der Waals surface area (Å²) >= 11 is 0. The fourth-order valence-corrected chi connectivity index (χ4v) is 4.70. The molecule has 34 heavy (non-hydrogen) atoms. The van der Waals surface area contributed by atoms with Crippen LogP contribution in [0.4, 0.5) is 22.7 Å². The second kappa shape index (κ2) is 11.7. The predicted molar refractivity (Wildman–Crippen MR) is 145 cm³/mol. The van der Waals surface area contributed by atoms with Crippen LogP contribution in [0.15, 0.2) is 60.9 Å². The van der Waals surface area contributed by atoms with Crippen LogP contribution in [0.25, 0.3) is 21.8 Å². The van der Waals surface area contributed by atoms with Gasteiger partial charge in [0, 0.05) is 17.3 Å². The second-order valence-electron chi connectivity index (χ2n) is 8.93. The number of hydrogen-bond acceptors (Lipinski definition) is 6. The fourth-order valence-electron chi connectivity index (χ4n) is 4.70. The lowest BCUT2D eigenvalue weighted by Gasteiger charge is -2.29. The number of hydrogen-bond donors (Lipinski definition) is 3.